The molecule has 1 aliphatic heterocycles. The summed E-state index contributed by atoms with van der Waals surface area (Å²) in [6.45, 7) is 3.09. The molecule has 7 nitrogen and oxygen atoms in total. The van der Waals surface area contributed by atoms with E-state index in [0.717, 1.165) is 32.4 Å². The summed E-state index contributed by atoms with van der Waals surface area (Å²) in [7, 11) is 1.66. The molecular formula is C12H21N5O2. The number of ether oxygens (including phenoxy) is 2. The van der Waals surface area contributed by atoms with Crippen molar-refractivity contribution in [2.75, 3.05) is 44.0 Å². The van der Waals surface area contributed by atoms with Gasteiger partial charge in [-0.15, -0.1) is 0 Å². The average Bonchev–Trinajstić information content (AvgIpc) is 2.44. The lowest BCUT2D eigenvalue weighted by Crippen LogP contribution is -2.31. The quantitative estimate of drug-likeness (QED) is 0.765. The van der Waals surface area contributed by atoms with Gasteiger partial charge in [0.15, 0.2) is 0 Å². The zero-order chi connectivity index (χ0) is 13.5. The van der Waals surface area contributed by atoms with Crippen molar-refractivity contribution < 1.29 is 9.47 Å². The Morgan fingerprint density at radius 2 is 1.89 bits per heavy atom. The molecule has 0 unspecified atom stereocenters. The van der Waals surface area contributed by atoms with Crippen LogP contribution in [0.3, 0.4) is 0 Å². The van der Waals surface area contributed by atoms with E-state index in [2.05, 4.69) is 19.9 Å². The second-order valence-corrected chi connectivity index (χ2v) is 4.52. The maximum absolute atomic E-state index is 5.70. The molecule has 1 aliphatic rings. The molecule has 1 fully saturated rings. The van der Waals surface area contributed by atoms with Gasteiger partial charge in [-0.05, 0) is 19.3 Å². The molecule has 2 heterocycles. The maximum atomic E-state index is 5.70. The van der Waals surface area contributed by atoms with Crippen LogP contribution in [0, 0.1) is 0 Å². The van der Waals surface area contributed by atoms with Gasteiger partial charge in [0.25, 0.3) is 0 Å². The second-order valence-electron chi connectivity index (χ2n) is 4.52. The molecule has 0 aromatic carbocycles. The minimum Gasteiger partial charge on any atom is -0.463 e. The van der Waals surface area contributed by atoms with Crippen molar-refractivity contribution in [1.29, 1.82) is 0 Å². The predicted molar refractivity (Wildman–Crippen MR) is 72.3 cm³/mol. The number of nitrogen functional groups attached to an aromatic ring is 1. The standard InChI is InChI=1S/C12H21N5O2/c1-18-8-5-9-19-12-15-10(13)14-11(16-12)17-6-3-2-4-7-17/h2-9H2,1H3,(H2,13,14,15,16). The minimum atomic E-state index is 0.206. The molecule has 0 radical (unpaired) electrons. The molecule has 0 bridgehead atoms. The highest BCUT2D eigenvalue weighted by atomic mass is 16.5. The van der Waals surface area contributed by atoms with Crippen LogP contribution in [0.1, 0.15) is 25.7 Å². The number of nitrogens with two attached hydrogens (primary N) is 1. The number of methoxy groups -OCH3 is 1. The van der Waals surface area contributed by atoms with Gasteiger partial charge in [-0.25, -0.2) is 0 Å². The van der Waals surface area contributed by atoms with Crippen LogP contribution in [0.25, 0.3) is 0 Å². The van der Waals surface area contributed by atoms with E-state index in [4.69, 9.17) is 15.2 Å². The fraction of sp³-hybridized carbons (Fsp3) is 0.750. The summed E-state index contributed by atoms with van der Waals surface area (Å²) in [6.07, 6.45) is 4.38. The van der Waals surface area contributed by atoms with E-state index in [-0.39, 0.29) is 5.95 Å². The summed E-state index contributed by atoms with van der Waals surface area (Å²) in [6, 6.07) is 0.296. The van der Waals surface area contributed by atoms with Crippen LogP contribution in [0.4, 0.5) is 11.9 Å². The Bertz CT molecular complexity index is 396. The Balaban J connectivity index is 1.97. The van der Waals surface area contributed by atoms with Crippen molar-refractivity contribution in [3.8, 4) is 6.01 Å². The first-order valence-electron chi connectivity index (χ1n) is 6.68. The first-order valence-corrected chi connectivity index (χ1v) is 6.68. The molecule has 1 aromatic rings. The number of nitrogens with zero attached hydrogens (tertiary/aromatic N) is 4. The van der Waals surface area contributed by atoms with E-state index in [1.54, 1.807) is 7.11 Å². The van der Waals surface area contributed by atoms with Crippen molar-refractivity contribution in [3.05, 3.63) is 0 Å². The summed E-state index contributed by atoms with van der Waals surface area (Å²) >= 11 is 0. The number of hydrogen-bond donors (Lipinski definition) is 1. The lowest BCUT2D eigenvalue weighted by Gasteiger charge is -2.26. The highest BCUT2D eigenvalue weighted by Crippen LogP contribution is 2.18. The normalized spacial score (nSPS) is 15.5. The highest BCUT2D eigenvalue weighted by Gasteiger charge is 2.15. The van der Waals surface area contributed by atoms with Gasteiger partial charge < -0.3 is 20.1 Å². The van der Waals surface area contributed by atoms with Crippen molar-refractivity contribution >= 4 is 11.9 Å². The van der Waals surface area contributed by atoms with Crippen molar-refractivity contribution in [2.45, 2.75) is 25.7 Å². The van der Waals surface area contributed by atoms with E-state index in [0.29, 0.717) is 25.2 Å². The number of aromatic nitrogens is 3. The summed E-state index contributed by atoms with van der Waals surface area (Å²) in [5.74, 6) is 0.825. The summed E-state index contributed by atoms with van der Waals surface area (Å²) in [4.78, 5) is 14.6. The first-order chi connectivity index (χ1) is 9.29. The number of hydrogen-bond acceptors (Lipinski definition) is 7. The SMILES string of the molecule is COCCCOc1nc(N)nc(N2CCCCC2)n1. The van der Waals surface area contributed by atoms with E-state index in [9.17, 15) is 0 Å². The van der Waals surface area contributed by atoms with Gasteiger partial charge in [-0.3, -0.25) is 0 Å². The van der Waals surface area contributed by atoms with Crippen LogP contribution in [0.2, 0.25) is 0 Å². The summed E-state index contributed by atoms with van der Waals surface area (Å²) in [5.41, 5.74) is 5.70. The molecule has 2 N–H and O–H groups in total. The van der Waals surface area contributed by atoms with Crippen molar-refractivity contribution in [2.24, 2.45) is 0 Å². The van der Waals surface area contributed by atoms with E-state index in [1.165, 1.54) is 6.42 Å². The fourth-order valence-electron chi connectivity index (χ4n) is 2.03. The Hall–Kier alpha value is -1.63. The Kier molecular flexibility index (Phi) is 5.14. The van der Waals surface area contributed by atoms with Gasteiger partial charge >= 0.3 is 6.01 Å². The van der Waals surface area contributed by atoms with Crippen LogP contribution in [0.15, 0.2) is 0 Å². The van der Waals surface area contributed by atoms with Gasteiger partial charge in [0.2, 0.25) is 11.9 Å². The average molecular weight is 267 g/mol. The zero-order valence-corrected chi connectivity index (χ0v) is 11.3. The van der Waals surface area contributed by atoms with Crippen LogP contribution in [0.5, 0.6) is 6.01 Å². The van der Waals surface area contributed by atoms with E-state index < -0.39 is 0 Å². The maximum Gasteiger partial charge on any atom is 0.323 e. The van der Waals surface area contributed by atoms with Crippen LogP contribution < -0.4 is 15.4 Å². The lowest BCUT2D eigenvalue weighted by atomic mass is 10.1. The monoisotopic (exact) mass is 267 g/mol. The van der Waals surface area contributed by atoms with Gasteiger partial charge in [-0.2, -0.15) is 15.0 Å². The topological polar surface area (TPSA) is 86.4 Å². The minimum absolute atomic E-state index is 0.206. The zero-order valence-electron chi connectivity index (χ0n) is 11.3. The largest absolute Gasteiger partial charge is 0.463 e. The number of anilines is 2. The predicted octanol–water partition coefficient (Wildman–Crippen LogP) is 0.859. The third-order valence-electron chi connectivity index (χ3n) is 2.98. The highest BCUT2D eigenvalue weighted by molar-refractivity contribution is 5.36. The first kappa shape index (κ1) is 13.8. The van der Waals surface area contributed by atoms with Crippen LogP contribution in [-0.2, 0) is 4.74 Å². The molecule has 7 heteroatoms. The van der Waals surface area contributed by atoms with Gasteiger partial charge in [0.05, 0.1) is 6.61 Å². The van der Waals surface area contributed by atoms with Crippen molar-refractivity contribution in [3.63, 3.8) is 0 Å². The molecule has 1 saturated heterocycles. The third kappa shape index (κ3) is 4.20. The Labute approximate surface area is 113 Å². The molecule has 0 spiro atoms. The molecule has 19 heavy (non-hydrogen) atoms. The second kappa shape index (κ2) is 7.08. The molecule has 2 rings (SSSR count). The number of piperidine rings is 1. The molecule has 0 aliphatic carbocycles. The smallest absolute Gasteiger partial charge is 0.323 e. The van der Waals surface area contributed by atoms with Gasteiger partial charge in [0, 0.05) is 33.2 Å². The molecular weight excluding hydrogens is 246 g/mol. The van der Waals surface area contributed by atoms with Gasteiger partial charge in [-0.1, -0.05) is 0 Å². The molecule has 106 valence electrons. The molecule has 0 saturated carbocycles. The van der Waals surface area contributed by atoms with Crippen molar-refractivity contribution in [1.82, 2.24) is 15.0 Å². The molecule has 0 atom stereocenters. The summed E-state index contributed by atoms with van der Waals surface area (Å²) in [5, 5.41) is 0. The Morgan fingerprint density at radius 3 is 2.63 bits per heavy atom. The molecule has 0 amide bonds. The van der Waals surface area contributed by atoms with Crippen LogP contribution >= 0.6 is 0 Å². The molecule has 1 aromatic heterocycles. The van der Waals surface area contributed by atoms with Crippen LogP contribution in [-0.4, -0.2) is 48.4 Å². The van der Waals surface area contributed by atoms with Gasteiger partial charge in [0.1, 0.15) is 0 Å². The van der Waals surface area contributed by atoms with E-state index in [1.807, 2.05) is 0 Å². The number of rotatable bonds is 6. The summed E-state index contributed by atoms with van der Waals surface area (Å²) < 4.78 is 10.4. The third-order valence-corrected chi connectivity index (χ3v) is 2.98. The Morgan fingerprint density at radius 1 is 1.11 bits per heavy atom. The lowest BCUT2D eigenvalue weighted by molar-refractivity contribution is 0.168. The van der Waals surface area contributed by atoms with E-state index >= 15 is 0 Å². The fourth-order valence-corrected chi connectivity index (χ4v) is 2.03.